The fraction of sp³-hybridized carbons (Fsp3) is 0.0455. The van der Waals surface area contributed by atoms with Crippen molar-refractivity contribution in [2.45, 2.75) is 0 Å². The Labute approximate surface area is 174 Å². The Morgan fingerprint density at radius 1 is 1.03 bits per heavy atom. The second-order valence-electron chi connectivity index (χ2n) is 6.66. The molecule has 0 spiro atoms. The second-order valence-corrected chi connectivity index (χ2v) is 6.66. The van der Waals surface area contributed by atoms with Gasteiger partial charge in [0.25, 0.3) is 5.56 Å². The Balaban J connectivity index is 1.63. The maximum Gasteiger partial charge on any atom is 0.345 e. The third kappa shape index (κ3) is 3.27. The first kappa shape index (κ1) is 18.5. The van der Waals surface area contributed by atoms with E-state index in [0.717, 1.165) is 5.39 Å². The summed E-state index contributed by atoms with van der Waals surface area (Å²) < 4.78 is 11.9. The number of hydrogen-bond donors (Lipinski definition) is 1. The van der Waals surface area contributed by atoms with Gasteiger partial charge in [0.15, 0.2) is 11.3 Å². The van der Waals surface area contributed by atoms with E-state index in [1.807, 2.05) is 12.1 Å². The van der Waals surface area contributed by atoms with Crippen molar-refractivity contribution in [2.75, 3.05) is 7.11 Å². The summed E-state index contributed by atoms with van der Waals surface area (Å²) in [5, 5.41) is 11.6. The van der Waals surface area contributed by atoms with Crippen molar-refractivity contribution in [2.24, 2.45) is 10.2 Å². The highest BCUT2D eigenvalue weighted by Crippen LogP contribution is 2.25. The first-order chi connectivity index (χ1) is 15.1. The fourth-order valence-corrected chi connectivity index (χ4v) is 3.26. The maximum absolute atomic E-state index is 12.6. The Morgan fingerprint density at radius 3 is 2.65 bits per heavy atom. The van der Waals surface area contributed by atoms with Crippen molar-refractivity contribution in [1.29, 1.82) is 0 Å². The van der Waals surface area contributed by atoms with Crippen LogP contribution >= 0.6 is 0 Å². The summed E-state index contributed by atoms with van der Waals surface area (Å²) in [6.07, 6.45) is 1.50. The predicted octanol–water partition coefficient (Wildman–Crippen LogP) is 4.22. The molecule has 0 unspecified atom stereocenters. The van der Waals surface area contributed by atoms with Crippen LogP contribution < -0.4 is 15.9 Å². The number of methoxy groups -OCH3 is 1. The van der Waals surface area contributed by atoms with Gasteiger partial charge in [0.1, 0.15) is 11.3 Å². The minimum atomic E-state index is -0.526. The number of para-hydroxylation sites is 1. The highest BCUT2D eigenvalue weighted by atomic mass is 16.5. The van der Waals surface area contributed by atoms with Crippen LogP contribution in [-0.2, 0) is 0 Å². The van der Waals surface area contributed by atoms with Crippen LogP contribution in [0.1, 0.15) is 0 Å². The summed E-state index contributed by atoms with van der Waals surface area (Å²) >= 11 is 0. The molecule has 152 valence electrons. The third-order valence-electron chi connectivity index (χ3n) is 4.78. The molecule has 0 saturated heterocycles. The molecule has 5 rings (SSSR count). The summed E-state index contributed by atoms with van der Waals surface area (Å²) in [6.45, 7) is 0. The highest BCUT2D eigenvalue weighted by Gasteiger charge is 2.16. The molecule has 2 aromatic carbocycles. The standard InChI is InChI=1S/C22H15N5O4/c1-30-15-8-6-14(7-9-15)24-25-19-20-23-11-10-17(27(20)26-21(19)28)16-12-13-4-2-3-5-18(13)31-22(16)29/h2-12H,1H3,(H,26,28). The molecule has 0 aliphatic heterocycles. The van der Waals surface area contributed by atoms with Crippen LogP contribution in [0.3, 0.4) is 0 Å². The Hall–Kier alpha value is -4.53. The van der Waals surface area contributed by atoms with E-state index in [9.17, 15) is 9.59 Å². The minimum absolute atomic E-state index is 0.0304. The molecule has 0 atom stereocenters. The number of hydrogen-bond acceptors (Lipinski definition) is 7. The zero-order chi connectivity index (χ0) is 21.4. The van der Waals surface area contributed by atoms with Gasteiger partial charge in [0, 0.05) is 11.6 Å². The number of rotatable bonds is 4. The number of fused-ring (bicyclic) bond motifs is 2. The molecule has 9 heteroatoms. The predicted molar refractivity (Wildman–Crippen MR) is 114 cm³/mol. The zero-order valence-corrected chi connectivity index (χ0v) is 16.3. The Morgan fingerprint density at radius 2 is 1.84 bits per heavy atom. The van der Waals surface area contributed by atoms with Crippen LogP contribution in [0.25, 0.3) is 27.9 Å². The van der Waals surface area contributed by atoms with Crippen molar-refractivity contribution >= 4 is 28.0 Å². The van der Waals surface area contributed by atoms with Crippen molar-refractivity contribution in [3.05, 3.63) is 87.6 Å². The molecule has 3 heterocycles. The van der Waals surface area contributed by atoms with Gasteiger partial charge < -0.3 is 9.15 Å². The maximum atomic E-state index is 12.6. The van der Waals surface area contributed by atoms with Crippen LogP contribution in [-0.4, -0.2) is 21.7 Å². The number of nitrogens with zero attached hydrogens (tertiary/aromatic N) is 4. The van der Waals surface area contributed by atoms with E-state index in [4.69, 9.17) is 9.15 Å². The lowest BCUT2D eigenvalue weighted by molar-refractivity contribution is 0.415. The number of ether oxygens (including phenoxy) is 1. The van der Waals surface area contributed by atoms with Crippen LogP contribution in [0, 0.1) is 0 Å². The largest absolute Gasteiger partial charge is 0.497 e. The van der Waals surface area contributed by atoms with Gasteiger partial charge in [-0.25, -0.2) is 14.3 Å². The molecule has 0 aliphatic rings. The lowest BCUT2D eigenvalue weighted by atomic mass is 10.1. The molecule has 0 saturated carbocycles. The topological polar surface area (TPSA) is 114 Å². The van der Waals surface area contributed by atoms with Gasteiger partial charge >= 0.3 is 5.63 Å². The smallest absolute Gasteiger partial charge is 0.345 e. The number of H-pyrrole nitrogens is 1. The number of aromatic nitrogens is 3. The zero-order valence-electron chi connectivity index (χ0n) is 16.3. The molecule has 31 heavy (non-hydrogen) atoms. The molecular weight excluding hydrogens is 398 g/mol. The number of aromatic amines is 1. The molecule has 0 amide bonds. The van der Waals surface area contributed by atoms with Crippen molar-refractivity contribution < 1.29 is 9.15 Å². The van der Waals surface area contributed by atoms with Crippen LogP contribution in [0.2, 0.25) is 0 Å². The average Bonchev–Trinajstić information content (AvgIpc) is 3.12. The highest BCUT2D eigenvalue weighted by molar-refractivity contribution is 5.81. The monoisotopic (exact) mass is 413 g/mol. The molecule has 0 bridgehead atoms. The van der Waals surface area contributed by atoms with Gasteiger partial charge in [-0.3, -0.25) is 9.89 Å². The van der Waals surface area contributed by atoms with E-state index in [1.54, 1.807) is 55.6 Å². The van der Waals surface area contributed by atoms with Crippen molar-refractivity contribution in [1.82, 2.24) is 14.6 Å². The molecule has 0 aliphatic carbocycles. The van der Waals surface area contributed by atoms with Crippen molar-refractivity contribution in [3.63, 3.8) is 0 Å². The van der Waals surface area contributed by atoms with E-state index >= 15 is 0 Å². The molecular formula is C22H15N5O4. The molecule has 3 aromatic heterocycles. The van der Waals surface area contributed by atoms with Crippen molar-refractivity contribution in [3.8, 4) is 17.0 Å². The van der Waals surface area contributed by atoms with E-state index in [2.05, 4.69) is 20.3 Å². The Kier molecular flexibility index (Phi) is 4.40. The van der Waals surface area contributed by atoms with Gasteiger partial charge in [0.05, 0.1) is 24.1 Å². The van der Waals surface area contributed by atoms with E-state index in [-0.39, 0.29) is 16.9 Å². The van der Waals surface area contributed by atoms with E-state index in [1.165, 1.54) is 10.7 Å². The fourth-order valence-electron chi connectivity index (χ4n) is 3.26. The minimum Gasteiger partial charge on any atom is -0.497 e. The first-order valence-electron chi connectivity index (χ1n) is 9.33. The van der Waals surface area contributed by atoms with Crippen LogP contribution in [0.5, 0.6) is 5.75 Å². The first-order valence-corrected chi connectivity index (χ1v) is 9.33. The van der Waals surface area contributed by atoms with Crippen LogP contribution in [0.15, 0.2) is 91.1 Å². The van der Waals surface area contributed by atoms with Gasteiger partial charge in [0.2, 0.25) is 0 Å². The summed E-state index contributed by atoms with van der Waals surface area (Å²) in [6, 6.07) is 17.5. The van der Waals surface area contributed by atoms with Crippen LogP contribution in [0.4, 0.5) is 11.4 Å². The molecule has 0 radical (unpaired) electrons. The molecule has 1 N–H and O–H groups in total. The number of azo groups is 1. The van der Waals surface area contributed by atoms with Gasteiger partial charge in [-0.15, -0.1) is 5.11 Å². The quantitative estimate of drug-likeness (QED) is 0.350. The molecule has 5 aromatic rings. The van der Waals surface area contributed by atoms with E-state index in [0.29, 0.717) is 22.7 Å². The average molecular weight is 413 g/mol. The Bertz CT molecular complexity index is 1560. The van der Waals surface area contributed by atoms with Gasteiger partial charge in [-0.05, 0) is 42.5 Å². The third-order valence-corrected chi connectivity index (χ3v) is 4.78. The lowest BCUT2D eigenvalue weighted by Crippen LogP contribution is -2.08. The normalized spacial score (nSPS) is 11.5. The SMILES string of the molecule is COc1ccc(N=Nc2c(=O)[nH]n3c(-c4cc5ccccc5oc4=O)ccnc23)cc1. The summed E-state index contributed by atoms with van der Waals surface area (Å²) in [7, 11) is 1.57. The molecule has 0 fully saturated rings. The van der Waals surface area contributed by atoms with E-state index < -0.39 is 11.2 Å². The molecule has 9 nitrogen and oxygen atoms in total. The lowest BCUT2D eigenvalue weighted by Gasteiger charge is -2.05. The second kappa shape index (κ2) is 7.38. The summed E-state index contributed by atoms with van der Waals surface area (Å²) in [5.74, 6) is 0.687. The summed E-state index contributed by atoms with van der Waals surface area (Å²) in [5.41, 5.74) is 1.01. The summed E-state index contributed by atoms with van der Waals surface area (Å²) in [4.78, 5) is 29.4. The number of benzene rings is 2. The van der Waals surface area contributed by atoms with Gasteiger partial charge in [-0.2, -0.15) is 5.11 Å². The number of nitrogens with one attached hydrogen (secondary N) is 1. The van der Waals surface area contributed by atoms with Gasteiger partial charge in [-0.1, -0.05) is 18.2 Å².